The summed E-state index contributed by atoms with van der Waals surface area (Å²) >= 11 is 0. The third-order valence-electron chi connectivity index (χ3n) is 4.54. The Balaban J connectivity index is 1.43. The van der Waals surface area contributed by atoms with Gasteiger partial charge in [-0.3, -0.25) is 0 Å². The molecule has 0 aliphatic carbocycles. The Kier molecular flexibility index (Phi) is 4.51. The summed E-state index contributed by atoms with van der Waals surface area (Å²) in [5.41, 5.74) is 2.01. The van der Waals surface area contributed by atoms with Crippen LogP contribution in [0.5, 0.6) is 0 Å². The maximum absolute atomic E-state index is 5.42. The molecule has 0 bridgehead atoms. The molecule has 1 aliphatic heterocycles. The molecule has 0 unspecified atom stereocenters. The van der Waals surface area contributed by atoms with Crippen molar-refractivity contribution in [1.82, 2.24) is 20.1 Å². The lowest BCUT2D eigenvalue weighted by atomic mass is 10.1. The summed E-state index contributed by atoms with van der Waals surface area (Å²) < 4.78 is 5.42. The second-order valence-corrected chi connectivity index (χ2v) is 6.68. The molecule has 26 heavy (non-hydrogen) atoms. The number of anilines is 2. The second-order valence-electron chi connectivity index (χ2n) is 6.68. The second kappa shape index (κ2) is 7.11. The van der Waals surface area contributed by atoms with Gasteiger partial charge >= 0.3 is 0 Å². The maximum Gasteiger partial charge on any atom is 0.266 e. The fourth-order valence-corrected chi connectivity index (χ4v) is 2.98. The minimum atomic E-state index is 0.397. The first kappa shape index (κ1) is 16.5. The molecule has 0 N–H and O–H groups in total. The number of hydrogen-bond acceptors (Lipinski definition) is 7. The predicted octanol–water partition coefficient (Wildman–Crippen LogP) is 2.98. The summed E-state index contributed by atoms with van der Waals surface area (Å²) in [5.74, 6) is 2.39. The van der Waals surface area contributed by atoms with Crippen molar-refractivity contribution in [2.75, 3.05) is 36.0 Å². The molecule has 1 aromatic carbocycles. The molecule has 0 amide bonds. The number of benzene rings is 1. The van der Waals surface area contributed by atoms with Crippen LogP contribution in [0.2, 0.25) is 0 Å². The molecule has 3 heterocycles. The molecular formula is C19H22N6O. The molecule has 7 nitrogen and oxygen atoms in total. The van der Waals surface area contributed by atoms with E-state index in [2.05, 4.69) is 43.8 Å². The lowest BCUT2D eigenvalue weighted by Crippen LogP contribution is -2.47. The number of hydrogen-bond donors (Lipinski definition) is 0. The summed E-state index contributed by atoms with van der Waals surface area (Å²) in [4.78, 5) is 18.0. The zero-order valence-electron chi connectivity index (χ0n) is 15.0. The molecule has 7 heteroatoms. The van der Waals surface area contributed by atoms with E-state index < -0.39 is 0 Å². The molecule has 1 fully saturated rings. The van der Waals surface area contributed by atoms with Crippen molar-refractivity contribution in [1.29, 1.82) is 0 Å². The lowest BCUT2D eigenvalue weighted by Gasteiger charge is -2.34. The summed E-state index contributed by atoms with van der Waals surface area (Å²) in [5, 5.41) is 4.14. The Bertz CT molecular complexity index is 855. The van der Waals surface area contributed by atoms with Crippen molar-refractivity contribution < 1.29 is 4.52 Å². The average molecular weight is 350 g/mol. The molecule has 3 aromatic rings. The van der Waals surface area contributed by atoms with Gasteiger partial charge in [0.1, 0.15) is 0 Å². The van der Waals surface area contributed by atoms with Gasteiger partial charge in [0.2, 0.25) is 5.95 Å². The third-order valence-corrected chi connectivity index (χ3v) is 4.54. The fourth-order valence-electron chi connectivity index (χ4n) is 2.98. The lowest BCUT2D eigenvalue weighted by molar-refractivity contribution is 0.428. The predicted molar refractivity (Wildman–Crippen MR) is 100 cm³/mol. The van der Waals surface area contributed by atoms with E-state index in [1.54, 1.807) is 0 Å². The molecule has 134 valence electrons. The van der Waals surface area contributed by atoms with E-state index in [0.29, 0.717) is 17.8 Å². The van der Waals surface area contributed by atoms with E-state index in [9.17, 15) is 0 Å². The van der Waals surface area contributed by atoms with Crippen LogP contribution >= 0.6 is 0 Å². The Morgan fingerprint density at radius 1 is 0.885 bits per heavy atom. The number of aromatic nitrogens is 4. The molecule has 0 radical (unpaired) electrons. The van der Waals surface area contributed by atoms with E-state index >= 15 is 0 Å². The number of rotatable bonds is 4. The summed E-state index contributed by atoms with van der Waals surface area (Å²) in [7, 11) is 0. The van der Waals surface area contributed by atoms with Crippen molar-refractivity contribution in [3.8, 4) is 11.5 Å². The molecule has 0 saturated carbocycles. The first-order chi connectivity index (χ1) is 12.7. The zero-order chi connectivity index (χ0) is 17.9. The average Bonchev–Trinajstić information content (AvgIpc) is 3.19. The molecule has 1 aliphatic rings. The van der Waals surface area contributed by atoms with Gasteiger partial charge in [-0.05, 0) is 29.3 Å². The smallest absolute Gasteiger partial charge is 0.266 e. The van der Waals surface area contributed by atoms with Crippen LogP contribution in [-0.4, -0.2) is 46.3 Å². The molecule has 0 spiro atoms. The highest BCUT2D eigenvalue weighted by Crippen LogP contribution is 2.22. The zero-order valence-corrected chi connectivity index (χ0v) is 15.0. The monoisotopic (exact) mass is 350 g/mol. The molecule has 0 atom stereocenters. The Morgan fingerprint density at radius 3 is 2.27 bits per heavy atom. The Hall–Kier alpha value is -2.96. The molecule has 1 saturated heterocycles. The van der Waals surface area contributed by atoms with Crippen molar-refractivity contribution in [3.05, 3.63) is 48.3 Å². The van der Waals surface area contributed by atoms with Crippen molar-refractivity contribution in [3.63, 3.8) is 0 Å². The first-order valence-corrected chi connectivity index (χ1v) is 8.92. The van der Waals surface area contributed by atoms with Crippen LogP contribution in [0.1, 0.15) is 25.5 Å². The normalized spacial score (nSPS) is 14.9. The summed E-state index contributed by atoms with van der Waals surface area (Å²) in [6, 6.07) is 11.8. The minimum Gasteiger partial charge on any atom is -0.337 e. The van der Waals surface area contributed by atoms with Gasteiger partial charge in [0.25, 0.3) is 11.8 Å². The van der Waals surface area contributed by atoms with E-state index in [1.165, 1.54) is 0 Å². The van der Waals surface area contributed by atoms with Crippen LogP contribution < -0.4 is 9.80 Å². The third kappa shape index (κ3) is 3.37. The van der Waals surface area contributed by atoms with Crippen molar-refractivity contribution in [2.45, 2.75) is 19.8 Å². The van der Waals surface area contributed by atoms with Gasteiger partial charge in [-0.2, -0.15) is 4.98 Å². The quantitative estimate of drug-likeness (QED) is 0.716. The standard InChI is InChI=1S/C19H22N6O/c1-14(2)16-8-9-20-18(21-16)24-10-12-25(13-11-24)19-22-17(26-23-19)15-6-4-3-5-7-15/h3-9,14H,10-13H2,1-2H3. The van der Waals surface area contributed by atoms with Crippen LogP contribution in [0.15, 0.2) is 47.1 Å². The van der Waals surface area contributed by atoms with Crippen molar-refractivity contribution in [2.24, 2.45) is 0 Å². The number of nitrogens with zero attached hydrogens (tertiary/aromatic N) is 6. The van der Waals surface area contributed by atoms with Gasteiger partial charge in [0.15, 0.2) is 0 Å². The van der Waals surface area contributed by atoms with Gasteiger partial charge in [0, 0.05) is 43.6 Å². The number of piperazine rings is 1. The summed E-state index contributed by atoms with van der Waals surface area (Å²) in [6.45, 7) is 7.56. The van der Waals surface area contributed by atoms with Gasteiger partial charge < -0.3 is 14.3 Å². The molecule has 2 aromatic heterocycles. The van der Waals surface area contributed by atoms with Crippen LogP contribution in [0.3, 0.4) is 0 Å². The highest BCUT2D eigenvalue weighted by molar-refractivity contribution is 5.54. The van der Waals surface area contributed by atoms with Crippen LogP contribution in [0.4, 0.5) is 11.9 Å². The summed E-state index contributed by atoms with van der Waals surface area (Å²) in [6.07, 6.45) is 1.84. The highest BCUT2D eigenvalue weighted by Gasteiger charge is 2.23. The largest absolute Gasteiger partial charge is 0.337 e. The first-order valence-electron chi connectivity index (χ1n) is 8.92. The van der Waals surface area contributed by atoms with Crippen LogP contribution in [-0.2, 0) is 0 Å². The van der Waals surface area contributed by atoms with Crippen LogP contribution in [0.25, 0.3) is 11.5 Å². The Morgan fingerprint density at radius 2 is 1.58 bits per heavy atom. The Labute approximate surface area is 152 Å². The maximum atomic E-state index is 5.42. The van der Waals surface area contributed by atoms with Crippen molar-refractivity contribution >= 4 is 11.9 Å². The SMILES string of the molecule is CC(C)c1ccnc(N2CCN(c3noc(-c4ccccc4)n3)CC2)n1. The van der Waals surface area contributed by atoms with Crippen LogP contribution in [0, 0.1) is 0 Å². The van der Waals surface area contributed by atoms with E-state index in [-0.39, 0.29) is 0 Å². The highest BCUT2D eigenvalue weighted by atomic mass is 16.5. The van der Waals surface area contributed by atoms with E-state index in [0.717, 1.165) is 43.4 Å². The van der Waals surface area contributed by atoms with E-state index in [4.69, 9.17) is 4.52 Å². The van der Waals surface area contributed by atoms with Gasteiger partial charge in [-0.15, -0.1) is 0 Å². The fraction of sp³-hybridized carbons (Fsp3) is 0.368. The topological polar surface area (TPSA) is 71.2 Å². The van der Waals surface area contributed by atoms with Gasteiger partial charge in [-0.25, -0.2) is 9.97 Å². The van der Waals surface area contributed by atoms with Gasteiger partial charge in [0.05, 0.1) is 0 Å². The van der Waals surface area contributed by atoms with E-state index in [1.807, 2.05) is 42.6 Å². The molecular weight excluding hydrogens is 328 g/mol. The van der Waals surface area contributed by atoms with Gasteiger partial charge in [-0.1, -0.05) is 32.0 Å². The minimum absolute atomic E-state index is 0.397. The molecule has 4 rings (SSSR count).